The predicted octanol–water partition coefficient (Wildman–Crippen LogP) is 3.04. The van der Waals surface area contributed by atoms with Gasteiger partial charge in [0.2, 0.25) is 0 Å². The first kappa shape index (κ1) is 21.2. The summed E-state index contributed by atoms with van der Waals surface area (Å²) in [4.78, 5) is 36.2. The second-order valence-electron chi connectivity index (χ2n) is 6.96. The van der Waals surface area contributed by atoms with Gasteiger partial charge in [0.05, 0.1) is 17.3 Å². The first-order valence-corrected chi connectivity index (χ1v) is 8.95. The van der Waals surface area contributed by atoms with E-state index in [4.69, 9.17) is 14.2 Å². The minimum Gasteiger partial charge on any atom is -0.462 e. The Bertz CT molecular complexity index is 482. The normalized spacial score (nSPS) is 20.4. The maximum atomic E-state index is 12.3. The van der Waals surface area contributed by atoms with Crippen molar-refractivity contribution in [3.63, 3.8) is 0 Å². The summed E-state index contributed by atoms with van der Waals surface area (Å²) >= 11 is 0. The van der Waals surface area contributed by atoms with E-state index in [1.165, 1.54) is 6.08 Å². The molecule has 1 aliphatic carbocycles. The summed E-state index contributed by atoms with van der Waals surface area (Å²) in [5.74, 6) is -2.07. The standard InChI is InChI=1S/C19H30O6/c1-5-11-23-16(20)14-9-7-8-10-15(14)17(21)24-12-13-25-18(22)19(3,4)6-2/h5,14-15H,1,6-13H2,2-4H3. The quantitative estimate of drug-likeness (QED) is 0.274. The van der Waals surface area contributed by atoms with Gasteiger partial charge in [0, 0.05) is 0 Å². The Labute approximate surface area is 149 Å². The number of ether oxygens (including phenoxy) is 3. The SMILES string of the molecule is C=CCOC(=O)C1CCCCC1C(=O)OCCOC(=O)C(C)(C)CC. The lowest BCUT2D eigenvalue weighted by Crippen LogP contribution is -2.35. The lowest BCUT2D eigenvalue weighted by Gasteiger charge is -2.28. The molecule has 0 radical (unpaired) electrons. The van der Waals surface area contributed by atoms with Gasteiger partial charge in [-0.2, -0.15) is 0 Å². The summed E-state index contributed by atoms with van der Waals surface area (Å²) < 4.78 is 15.4. The van der Waals surface area contributed by atoms with E-state index in [1.807, 2.05) is 20.8 Å². The highest BCUT2D eigenvalue weighted by atomic mass is 16.6. The van der Waals surface area contributed by atoms with Gasteiger partial charge in [0.1, 0.15) is 19.8 Å². The van der Waals surface area contributed by atoms with Crippen LogP contribution in [0.2, 0.25) is 0 Å². The van der Waals surface area contributed by atoms with E-state index in [1.54, 1.807) is 0 Å². The van der Waals surface area contributed by atoms with Gasteiger partial charge < -0.3 is 14.2 Å². The fourth-order valence-electron chi connectivity index (χ4n) is 2.67. The van der Waals surface area contributed by atoms with Crippen molar-refractivity contribution in [2.45, 2.75) is 52.9 Å². The summed E-state index contributed by atoms with van der Waals surface area (Å²) in [5.41, 5.74) is -0.548. The number of carbonyl (C=O) groups excluding carboxylic acids is 3. The second kappa shape index (κ2) is 10.2. The summed E-state index contributed by atoms with van der Waals surface area (Å²) in [7, 11) is 0. The first-order valence-electron chi connectivity index (χ1n) is 8.95. The number of hydrogen-bond donors (Lipinski definition) is 0. The van der Waals surface area contributed by atoms with Crippen LogP contribution in [-0.4, -0.2) is 37.7 Å². The summed E-state index contributed by atoms with van der Waals surface area (Å²) in [6.07, 6.45) is 5.17. The Balaban J connectivity index is 2.44. The van der Waals surface area contributed by atoms with E-state index >= 15 is 0 Å². The third-order valence-corrected chi connectivity index (χ3v) is 4.71. The van der Waals surface area contributed by atoms with E-state index in [9.17, 15) is 14.4 Å². The molecule has 0 aliphatic heterocycles. The molecule has 0 aromatic carbocycles. The van der Waals surface area contributed by atoms with Crippen LogP contribution in [-0.2, 0) is 28.6 Å². The molecule has 1 rings (SSSR count). The van der Waals surface area contributed by atoms with Crippen molar-refractivity contribution in [2.24, 2.45) is 17.3 Å². The largest absolute Gasteiger partial charge is 0.462 e. The molecule has 0 N–H and O–H groups in total. The average Bonchev–Trinajstić information content (AvgIpc) is 2.62. The molecule has 25 heavy (non-hydrogen) atoms. The van der Waals surface area contributed by atoms with Crippen LogP contribution >= 0.6 is 0 Å². The van der Waals surface area contributed by atoms with Crippen molar-refractivity contribution in [1.82, 2.24) is 0 Å². The van der Waals surface area contributed by atoms with E-state index in [-0.39, 0.29) is 31.8 Å². The Hall–Kier alpha value is -1.85. The lowest BCUT2D eigenvalue weighted by molar-refractivity contribution is -0.165. The number of rotatable bonds is 9. The molecule has 1 fully saturated rings. The zero-order chi connectivity index (χ0) is 18.9. The number of esters is 3. The third-order valence-electron chi connectivity index (χ3n) is 4.71. The zero-order valence-corrected chi connectivity index (χ0v) is 15.5. The van der Waals surface area contributed by atoms with Gasteiger partial charge in [-0.3, -0.25) is 14.4 Å². The Morgan fingerprint density at radius 2 is 1.52 bits per heavy atom. The Morgan fingerprint density at radius 3 is 2.04 bits per heavy atom. The molecular formula is C19H30O6. The Morgan fingerprint density at radius 1 is 1.00 bits per heavy atom. The van der Waals surface area contributed by atoms with Crippen LogP contribution in [0.5, 0.6) is 0 Å². The minimum atomic E-state index is -0.548. The van der Waals surface area contributed by atoms with Gasteiger partial charge >= 0.3 is 17.9 Å². The number of hydrogen-bond acceptors (Lipinski definition) is 6. The van der Waals surface area contributed by atoms with Crippen molar-refractivity contribution >= 4 is 17.9 Å². The van der Waals surface area contributed by atoms with Crippen LogP contribution in [0.3, 0.4) is 0 Å². The van der Waals surface area contributed by atoms with Crippen LogP contribution < -0.4 is 0 Å². The molecule has 0 spiro atoms. The van der Waals surface area contributed by atoms with Crippen molar-refractivity contribution in [2.75, 3.05) is 19.8 Å². The molecule has 2 unspecified atom stereocenters. The molecule has 142 valence electrons. The van der Waals surface area contributed by atoms with Gasteiger partial charge in [0.15, 0.2) is 0 Å². The maximum Gasteiger partial charge on any atom is 0.311 e. The summed E-state index contributed by atoms with van der Waals surface area (Å²) in [5, 5.41) is 0. The monoisotopic (exact) mass is 354 g/mol. The Kier molecular flexibility index (Phi) is 8.66. The van der Waals surface area contributed by atoms with Crippen molar-refractivity contribution in [3.05, 3.63) is 12.7 Å². The molecule has 2 atom stereocenters. The van der Waals surface area contributed by atoms with Gasteiger partial charge in [-0.15, -0.1) is 0 Å². The highest BCUT2D eigenvalue weighted by molar-refractivity contribution is 5.82. The first-order chi connectivity index (χ1) is 11.8. The second-order valence-corrected chi connectivity index (χ2v) is 6.96. The van der Waals surface area contributed by atoms with Crippen LogP contribution in [0.1, 0.15) is 52.9 Å². The van der Waals surface area contributed by atoms with Crippen LogP contribution in [0.15, 0.2) is 12.7 Å². The van der Waals surface area contributed by atoms with E-state index in [0.717, 1.165) is 12.8 Å². The molecular weight excluding hydrogens is 324 g/mol. The summed E-state index contributed by atoms with van der Waals surface area (Å²) in [6, 6.07) is 0. The molecule has 0 saturated heterocycles. The van der Waals surface area contributed by atoms with Crippen molar-refractivity contribution in [3.8, 4) is 0 Å². The molecule has 6 heteroatoms. The molecule has 0 aromatic heterocycles. The van der Waals surface area contributed by atoms with E-state index in [2.05, 4.69) is 6.58 Å². The molecule has 0 aromatic rings. The molecule has 1 saturated carbocycles. The van der Waals surface area contributed by atoms with Gasteiger partial charge in [-0.25, -0.2) is 0 Å². The summed E-state index contributed by atoms with van der Waals surface area (Å²) in [6.45, 7) is 9.19. The minimum absolute atomic E-state index is 0.00467. The average molecular weight is 354 g/mol. The predicted molar refractivity (Wildman–Crippen MR) is 92.6 cm³/mol. The van der Waals surface area contributed by atoms with E-state index in [0.29, 0.717) is 19.3 Å². The highest BCUT2D eigenvalue weighted by Crippen LogP contribution is 2.32. The van der Waals surface area contributed by atoms with Gasteiger partial charge in [-0.05, 0) is 33.1 Å². The zero-order valence-electron chi connectivity index (χ0n) is 15.5. The smallest absolute Gasteiger partial charge is 0.311 e. The molecule has 0 bridgehead atoms. The maximum absolute atomic E-state index is 12.3. The van der Waals surface area contributed by atoms with E-state index < -0.39 is 23.2 Å². The van der Waals surface area contributed by atoms with Gasteiger partial charge in [-0.1, -0.05) is 32.4 Å². The van der Waals surface area contributed by atoms with Crippen molar-refractivity contribution < 1.29 is 28.6 Å². The fraction of sp³-hybridized carbons (Fsp3) is 0.737. The van der Waals surface area contributed by atoms with Crippen LogP contribution in [0.4, 0.5) is 0 Å². The van der Waals surface area contributed by atoms with Gasteiger partial charge in [0.25, 0.3) is 0 Å². The van der Waals surface area contributed by atoms with Crippen LogP contribution in [0.25, 0.3) is 0 Å². The topological polar surface area (TPSA) is 78.9 Å². The lowest BCUT2D eigenvalue weighted by atomic mass is 9.79. The molecule has 0 amide bonds. The molecule has 6 nitrogen and oxygen atoms in total. The fourth-order valence-corrected chi connectivity index (χ4v) is 2.67. The molecule has 0 heterocycles. The third kappa shape index (κ3) is 6.52. The number of carbonyl (C=O) groups is 3. The van der Waals surface area contributed by atoms with Crippen molar-refractivity contribution in [1.29, 1.82) is 0 Å². The molecule has 1 aliphatic rings. The van der Waals surface area contributed by atoms with Crippen LogP contribution in [0, 0.1) is 17.3 Å². The highest BCUT2D eigenvalue weighted by Gasteiger charge is 2.37.